The SMILES string of the molecule is CN(C)C(O)c1ccc(COc2ccc(-c3cn(C(=O)NCC4CN(c5ccccc5)C4)cn3)cc2)cc1. The first-order chi connectivity index (χ1) is 18.5. The Hall–Kier alpha value is -4.14. The summed E-state index contributed by atoms with van der Waals surface area (Å²) in [4.78, 5) is 21.1. The van der Waals surface area contributed by atoms with E-state index in [4.69, 9.17) is 4.74 Å². The topological polar surface area (TPSA) is 82.9 Å². The Morgan fingerprint density at radius 2 is 1.76 bits per heavy atom. The predicted octanol–water partition coefficient (Wildman–Crippen LogP) is 4.38. The molecule has 1 saturated heterocycles. The van der Waals surface area contributed by atoms with E-state index in [1.54, 1.807) is 17.4 Å². The smallest absolute Gasteiger partial charge is 0.326 e. The zero-order valence-corrected chi connectivity index (χ0v) is 21.7. The summed E-state index contributed by atoms with van der Waals surface area (Å²) in [7, 11) is 3.67. The molecular weight excluding hydrogens is 478 g/mol. The van der Waals surface area contributed by atoms with Crippen molar-refractivity contribution in [1.29, 1.82) is 0 Å². The number of carbonyl (C=O) groups is 1. The van der Waals surface area contributed by atoms with Crippen LogP contribution >= 0.6 is 0 Å². The average Bonchev–Trinajstić information content (AvgIpc) is 3.42. The molecule has 0 aliphatic carbocycles. The van der Waals surface area contributed by atoms with Crippen LogP contribution < -0.4 is 15.0 Å². The molecule has 196 valence electrons. The van der Waals surface area contributed by atoms with Crippen LogP contribution in [0.3, 0.4) is 0 Å². The Balaban J connectivity index is 1.08. The first-order valence-electron chi connectivity index (χ1n) is 12.7. The lowest BCUT2D eigenvalue weighted by Crippen LogP contribution is -2.51. The highest BCUT2D eigenvalue weighted by molar-refractivity contribution is 5.78. The number of para-hydroxylation sites is 1. The third-order valence-corrected chi connectivity index (χ3v) is 6.76. The van der Waals surface area contributed by atoms with Crippen molar-refractivity contribution in [1.82, 2.24) is 19.8 Å². The van der Waals surface area contributed by atoms with Gasteiger partial charge in [0.05, 0.1) is 5.69 Å². The minimum absolute atomic E-state index is 0.175. The molecule has 1 aliphatic heterocycles. The van der Waals surface area contributed by atoms with Gasteiger partial charge in [0.2, 0.25) is 0 Å². The van der Waals surface area contributed by atoms with Gasteiger partial charge in [-0.2, -0.15) is 0 Å². The van der Waals surface area contributed by atoms with Crippen molar-refractivity contribution >= 4 is 11.7 Å². The summed E-state index contributed by atoms with van der Waals surface area (Å²) in [6.45, 7) is 2.95. The van der Waals surface area contributed by atoms with Crippen molar-refractivity contribution < 1.29 is 14.6 Å². The van der Waals surface area contributed by atoms with E-state index in [1.165, 1.54) is 10.3 Å². The Bertz CT molecular complexity index is 1330. The lowest BCUT2D eigenvalue weighted by Gasteiger charge is -2.41. The monoisotopic (exact) mass is 511 g/mol. The van der Waals surface area contributed by atoms with Crippen LogP contribution in [0.15, 0.2) is 91.4 Å². The maximum Gasteiger partial charge on any atom is 0.326 e. The first kappa shape index (κ1) is 25.5. The molecule has 3 aromatic carbocycles. The number of amides is 1. The molecule has 0 saturated carbocycles. The molecule has 1 unspecified atom stereocenters. The van der Waals surface area contributed by atoms with Gasteiger partial charge in [0.1, 0.15) is 24.9 Å². The van der Waals surface area contributed by atoms with Crippen molar-refractivity contribution in [3.05, 3.63) is 103 Å². The molecule has 2 heterocycles. The van der Waals surface area contributed by atoms with E-state index < -0.39 is 6.23 Å². The van der Waals surface area contributed by atoms with Gasteiger partial charge in [0.15, 0.2) is 0 Å². The van der Waals surface area contributed by atoms with Crippen LogP contribution in [0.25, 0.3) is 11.3 Å². The van der Waals surface area contributed by atoms with Crippen molar-refractivity contribution in [2.75, 3.05) is 38.6 Å². The second-order valence-electron chi connectivity index (χ2n) is 9.85. The fourth-order valence-corrected chi connectivity index (χ4v) is 4.43. The largest absolute Gasteiger partial charge is 0.489 e. The Labute approximate surface area is 223 Å². The fourth-order valence-electron chi connectivity index (χ4n) is 4.43. The lowest BCUT2D eigenvalue weighted by atomic mass is 9.99. The van der Waals surface area contributed by atoms with Crippen LogP contribution in [-0.4, -0.2) is 59.3 Å². The van der Waals surface area contributed by atoms with E-state index in [9.17, 15) is 9.90 Å². The van der Waals surface area contributed by atoms with Gasteiger partial charge in [-0.1, -0.05) is 42.5 Å². The van der Waals surface area contributed by atoms with Crippen LogP contribution in [-0.2, 0) is 6.61 Å². The van der Waals surface area contributed by atoms with Crippen molar-refractivity contribution in [3.8, 4) is 17.0 Å². The third kappa shape index (κ3) is 6.04. The molecule has 8 nitrogen and oxygen atoms in total. The number of aliphatic hydroxyl groups is 1. The third-order valence-electron chi connectivity index (χ3n) is 6.76. The Kier molecular flexibility index (Phi) is 7.72. The molecule has 0 bridgehead atoms. The number of aliphatic hydroxyl groups excluding tert-OH is 1. The highest BCUT2D eigenvalue weighted by Crippen LogP contribution is 2.24. The van der Waals surface area contributed by atoms with Crippen LogP contribution in [0.1, 0.15) is 17.4 Å². The van der Waals surface area contributed by atoms with E-state index in [2.05, 4.69) is 27.3 Å². The van der Waals surface area contributed by atoms with Crippen LogP contribution in [0.5, 0.6) is 5.75 Å². The molecule has 1 fully saturated rings. The van der Waals surface area contributed by atoms with Gasteiger partial charge in [-0.3, -0.25) is 9.47 Å². The molecule has 0 radical (unpaired) electrons. The quantitative estimate of drug-likeness (QED) is 0.325. The second kappa shape index (κ2) is 11.5. The van der Waals surface area contributed by atoms with Gasteiger partial charge in [-0.15, -0.1) is 0 Å². The highest BCUT2D eigenvalue weighted by atomic mass is 16.5. The number of benzene rings is 3. The van der Waals surface area contributed by atoms with Crippen molar-refractivity contribution in [3.63, 3.8) is 0 Å². The van der Waals surface area contributed by atoms with Gasteiger partial charge in [0.25, 0.3) is 0 Å². The molecule has 1 atom stereocenters. The Morgan fingerprint density at radius 3 is 2.45 bits per heavy atom. The number of anilines is 1. The summed E-state index contributed by atoms with van der Waals surface area (Å²) < 4.78 is 7.40. The summed E-state index contributed by atoms with van der Waals surface area (Å²) in [6.07, 6.45) is 2.66. The summed E-state index contributed by atoms with van der Waals surface area (Å²) in [6, 6.07) is 25.5. The van der Waals surface area contributed by atoms with Crippen LogP contribution in [0, 0.1) is 5.92 Å². The van der Waals surface area contributed by atoms with Crippen molar-refractivity contribution in [2.24, 2.45) is 5.92 Å². The molecule has 1 aliphatic rings. The van der Waals surface area contributed by atoms with E-state index in [-0.39, 0.29) is 6.03 Å². The molecule has 4 aromatic rings. The number of nitrogens with zero attached hydrogens (tertiary/aromatic N) is 4. The summed E-state index contributed by atoms with van der Waals surface area (Å²) in [5.74, 6) is 1.19. The highest BCUT2D eigenvalue weighted by Gasteiger charge is 2.27. The fraction of sp³-hybridized carbons (Fsp3) is 0.267. The van der Waals surface area contributed by atoms with Gasteiger partial charge >= 0.3 is 6.03 Å². The number of ether oxygens (including phenoxy) is 1. The zero-order chi connectivity index (χ0) is 26.5. The number of nitrogens with one attached hydrogen (secondary N) is 1. The number of hydrogen-bond acceptors (Lipinski definition) is 6. The molecule has 1 aromatic heterocycles. The molecule has 0 spiro atoms. The number of rotatable bonds is 9. The van der Waals surface area contributed by atoms with Gasteiger partial charge in [0, 0.05) is 43.0 Å². The minimum atomic E-state index is -0.624. The van der Waals surface area contributed by atoms with E-state index in [0.29, 0.717) is 19.1 Å². The van der Waals surface area contributed by atoms with Gasteiger partial charge < -0.3 is 20.1 Å². The van der Waals surface area contributed by atoms with Crippen LogP contribution in [0.4, 0.5) is 10.5 Å². The summed E-state index contributed by atoms with van der Waals surface area (Å²) in [5.41, 5.74) is 4.71. The standard InChI is InChI=1S/C30H33N5O3/c1-33(2)29(36)25-10-8-22(9-11-25)20-38-27-14-12-24(13-15-27)28-19-35(21-32-28)30(37)31-16-23-17-34(18-23)26-6-4-3-5-7-26/h3-15,19,21,23,29,36H,16-18,20H2,1-2H3,(H,31,37). The maximum atomic E-state index is 12.6. The maximum absolute atomic E-state index is 12.6. The zero-order valence-electron chi connectivity index (χ0n) is 21.7. The summed E-state index contributed by atoms with van der Waals surface area (Å²) >= 11 is 0. The van der Waals surface area contributed by atoms with Crippen LogP contribution in [0.2, 0.25) is 0 Å². The number of aromatic nitrogens is 2. The second-order valence-corrected chi connectivity index (χ2v) is 9.85. The minimum Gasteiger partial charge on any atom is -0.489 e. The predicted molar refractivity (Wildman–Crippen MR) is 148 cm³/mol. The van der Waals surface area contributed by atoms with Gasteiger partial charge in [-0.25, -0.2) is 9.78 Å². The molecule has 2 N–H and O–H groups in total. The van der Waals surface area contributed by atoms with Crippen molar-refractivity contribution in [2.45, 2.75) is 12.8 Å². The summed E-state index contributed by atoms with van der Waals surface area (Å²) in [5, 5.41) is 13.1. The van der Waals surface area contributed by atoms with E-state index in [1.807, 2.05) is 80.8 Å². The number of carbonyl (C=O) groups excluding carboxylic acids is 1. The molecular formula is C30H33N5O3. The lowest BCUT2D eigenvalue weighted by molar-refractivity contribution is 0.0395. The molecule has 1 amide bonds. The normalized spacial score (nSPS) is 14.3. The molecule has 8 heteroatoms. The Morgan fingerprint density at radius 1 is 1.05 bits per heavy atom. The average molecular weight is 512 g/mol. The molecule has 38 heavy (non-hydrogen) atoms. The number of imidazole rings is 1. The first-order valence-corrected chi connectivity index (χ1v) is 12.7. The van der Waals surface area contributed by atoms with E-state index in [0.717, 1.165) is 41.2 Å². The molecule has 5 rings (SSSR count). The van der Waals surface area contributed by atoms with Gasteiger partial charge in [-0.05, 0) is 61.6 Å². The number of hydrogen-bond donors (Lipinski definition) is 2. The van der Waals surface area contributed by atoms with E-state index >= 15 is 0 Å².